The molecule has 0 aliphatic carbocycles. The largest absolute Gasteiger partial charge is 0.459 e. The maximum Gasteiger partial charge on any atom is 0.307 e. The number of nitrogens with one attached hydrogen (secondary N) is 1. The number of hydrazone groups is 1. The van der Waals surface area contributed by atoms with Crippen molar-refractivity contribution in [1.29, 1.82) is 0 Å². The zero-order valence-electron chi connectivity index (χ0n) is 9.98. The highest BCUT2D eigenvalue weighted by Gasteiger charge is 2.07. The quantitative estimate of drug-likeness (QED) is 0.693. The van der Waals surface area contributed by atoms with Crippen molar-refractivity contribution in [3.63, 3.8) is 0 Å². The van der Waals surface area contributed by atoms with Crippen molar-refractivity contribution in [2.75, 3.05) is 0 Å². The summed E-state index contributed by atoms with van der Waals surface area (Å²) in [4.78, 5) is 11.6. The van der Waals surface area contributed by atoms with E-state index in [1.54, 1.807) is 37.3 Å². The van der Waals surface area contributed by atoms with Gasteiger partial charge in [0.25, 0.3) is 0 Å². The molecule has 0 unspecified atom stereocenters. The Balaban J connectivity index is 2.10. The molecule has 0 radical (unpaired) electrons. The number of amides is 1. The standard InChI is InChI=1S/C13H10Cl2N2O2/c1-8(9-4-5-10(14)11(15)7-9)16-17-13(18)12-3-2-6-19-12/h2-7H,1H3,(H,17,18). The van der Waals surface area contributed by atoms with Crippen molar-refractivity contribution in [1.82, 2.24) is 5.43 Å². The van der Waals surface area contributed by atoms with E-state index in [1.165, 1.54) is 6.26 Å². The summed E-state index contributed by atoms with van der Waals surface area (Å²) in [5.74, 6) is -0.213. The van der Waals surface area contributed by atoms with Gasteiger partial charge in [-0.25, -0.2) is 5.43 Å². The van der Waals surface area contributed by atoms with Crippen LogP contribution in [0.2, 0.25) is 10.0 Å². The van der Waals surface area contributed by atoms with Crippen LogP contribution in [0.4, 0.5) is 0 Å². The average molecular weight is 297 g/mol. The molecule has 4 nitrogen and oxygen atoms in total. The van der Waals surface area contributed by atoms with Gasteiger partial charge in [-0.1, -0.05) is 29.3 Å². The van der Waals surface area contributed by atoms with E-state index in [0.29, 0.717) is 15.8 Å². The van der Waals surface area contributed by atoms with E-state index in [9.17, 15) is 4.79 Å². The third-order valence-corrected chi connectivity index (χ3v) is 3.15. The Morgan fingerprint density at radius 1 is 1.26 bits per heavy atom. The predicted octanol–water partition coefficient (Wildman–Crippen LogP) is 3.74. The normalized spacial score (nSPS) is 11.4. The summed E-state index contributed by atoms with van der Waals surface area (Å²) in [6.07, 6.45) is 1.42. The highest BCUT2D eigenvalue weighted by atomic mass is 35.5. The van der Waals surface area contributed by atoms with Crippen LogP contribution in [0, 0.1) is 0 Å². The van der Waals surface area contributed by atoms with E-state index >= 15 is 0 Å². The molecule has 1 aromatic heterocycles. The first kappa shape index (κ1) is 13.6. The number of hydrogen-bond donors (Lipinski definition) is 1. The van der Waals surface area contributed by atoms with E-state index in [1.807, 2.05) is 0 Å². The van der Waals surface area contributed by atoms with Crippen molar-refractivity contribution >= 4 is 34.8 Å². The van der Waals surface area contributed by atoms with Gasteiger partial charge in [-0.2, -0.15) is 5.10 Å². The second-order valence-electron chi connectivity index (χ2n) is 3.74. The molecule has 0 aliphatic rings. The minimum Gasteiger partial charge on any atom is -0.459 e. The average Bonchev–Trinajstić information content (AvgIpc) is 2.92. The maximum absolute atomic E-state index is 11.6. The smallest absolute Gasteiger partial charge is 0.307 e. The number of carbonyl (C=O) groups is 1. The van der Waals surface area contributed by atoms with Crippen molar-refractivity contribution in [2.45, 2.75) is 6.92 Å². The summed E-state index contributed by atoms with van der Waals surface area (Å²) in [5, 5.41) is 4.88. The van der Waals surface area contributed by atoms with Crippen molar-refractivity contribution in [3.05, 3.63) is 58.0 Å². The second kappa shape index (κ2) is 5.91. The SMILES string of the molecule is CC(=NNC(=O)c1ccco1)c1ccc(Cl)c(Cl)c1. The molecule has 1 amide bonds. The molecule has 0 spiro atoms. The van der Waals surface area contributed by atoms with Crippen molar-refractivity contribution in [3.8, 4) is 0 Å². The van der Waals surface area contributed by atoms with E-state index in [0.717, 1.165) is 5.56 Å². The third-order valence-electron chi connectivity index (χ3n) is 2.41. The Hall–Kier alpha value is -1.78. The van der Waals surface area contributed by atoms with E-state index in [4.69, 9.17) is 27.6 Å². The zero-order chi connectivity index (χ0) is 13.8. The summed E-state index contributed by atoms with van der Waals surface area (Å²) in [7, 11) is 0. The maximum atomic E-state index is 11.6. The number of halogens is 2. The minimum absolute atomic E-state index is 0.200. The summed E-state index contributed by atoms with van der Waals surface area (Å²) in [6, 6.07) is 8.31. The molecule has 2 rings (SSSR count). The molecule has 98 valence electrons. The highest BCUT2D eigenvalue weighted by Crippen LogP contribution is 2.22. The van der Waals surface area contributed by atoms with Crippen LogP contribution in [0.1, 0.15) is 23.0 Å². The first-order valence-corrected chi connectivity index (χ1v) is 6.17. The van der Waals surface area contributed by atoms with Gasteiger partial charge in [-0.05, 0) is 36.8 Å². The summed E-state index contributed by atoms with van der Waals surface area (Å²) < 4.78 is 4.95. The number of carbonyl (C=O) groups excluding carboxylic acids is 1. The molecule has 0 saturated heterocycles. The lowest BCUT2D eigenvalue weighted by Gasteiger charge is -2.03. The fraction of sp³-hybridized carbons (Fsp3) is 0.0769. The summed E-state index contributed by atoms with van der Waals surface area (Å²) >= 11 is 11.7. The van der Waals surface area contributed by atoms with Crippen molar-refractivity contribution < 1.29 is 9.21 Å². The highest BCUT2D eigenvalue weighted by molar-refractivity contribution is 6.42. The summed E-state index contributed by atoms with van der Waals surface area (Å²) in [6.45, 7) is 1.75. The summed E-state index contributed by atoms with van der Waals surface area (Å²) in [5.41, 5.74) is 3.78. The lowest BCUT2D eigenvalue weighted by molar-refractivity contribution is 0.0927. The van der Waals surface area contributed by atoms with Crippen molar-refractivity contribution in [2.24, 2.45) is 5.10 Å². The van der Waals surface area contributed by atoms with Crippen LogP contribution in [0.5, 0.6) is 0 Å². The minimum atomic E-state index is -0.413. The van der Waals surface area contributed by atoms with Gasteiger partial charge < -0.3 is 4.42 Å². The Morgan fingerprint density at radius 2 is 2.05 bits per heavy atom. The molecule has 0 atom stereocenters. The molecule has 6 heteroatoms. The monoisotopic (exact) mass is 296 g/mol. The van der Waals surface area contributed by atoms with Gasteiger partial charge in [-0.3, -0.25) is 4.79 Å². The van der Waals surface area contributed by atoms with Crippen LogP contribution in [0.15, 0.2) is 46.1 Å². The van der Waals surface area contributed by atoms with Crippen LogP contribution in [-0.4, -0.2) is 11.6 Å². The molecule has 1 N–H and O–H groups in total. The molecular formula is C13H10Cl2N2O2. The van der Waals surface area contributed by atoms with Crippen LogP contribution in [0.3, 0.4) is 0 Å². The van der Waals surface area contributed by atoms with Gasteiger partial charge in [-0.15, -0.1) is 0 Å². The first-order valence-electron chi connectivity index (χ1n) is 5.41. The van der Waals surface area contributed by atoms with Gasteiger partial charge in [0.1, 0.15) is 0 Å². The molecule has 0 saturated carbocycles. The van der Waals surface area contributed by atoms with Gasteiger partial charge in [0.05, 0.1) is 22.0 Å². The van der Waals surface area contributed by atoms with Crippen LogP contribution >= 0.6 is 23.2 Å². The van der Waals surface area contributed by atoms with Gasteiger partial charge >= 0.3 is 5.91 Å². The first-order chi connectivity index (χ1) is 9.08. The Bertz CT molecular complexity index is 622. The molecule has 0 bridgehead atoms. The fourth-order valence-corrected chi connectivity index (χ4v) is 1.68. The Kier molecular flexibility index (Phi) is 4.24. The number of nitrogens with zero attached hydrogens (tertiary/aromatic N) is 1. The molecule has 19 heavy (non-hydrogen) atoms. The van der Waals surface area contributed by atoms with Gasteiger partial charge in [0, 0.05) is 0 Å². The second-order valence-corrected chi connectivity index (χ2v) is 4.56. The molecule has 0 aliphatic heterocycles. The predicted molar refractivity (Wildman–Crippen MR) is 74.8 cm³/mol. The third kappa shape index (κ3) is 3.36. The van der Waals surface area contributed by atoms with E-state index in [2.05, 4.69) is 10.5 Å². The lowest BCUT2D eigenvalue weighted by Crippen LogP contribution is -2.18. The van der Waals surface area contributed by atoms with Crippen LogP contribution < -0.4 is 5.43 Å². The van der Waals surface area contributed by atoms with Gasteiger partial charge in [0.2, 0.25) is 0 Å². The van der Waals surface area contributed by atoms with Crippen LogP contribution in [0.25, 0.3) is 0 Å². The number of hydrogen-bond acceptors (Lipinski definition) is 3. The Morgan fingerprint density at radius 3 is 2.68 bits per heavy atom. The number of benzene rings is 1. The fourth-order valence-electron chi connectivity index (χ4n) is 1.38. The Labute approximate surface area is 120 Å². The molecular weight excluding hydrogens is 287 g/mol. The molecule has 1 heterocycles. The van der Waals surface area contributed by atoms with Crippen LogP contribution in [-0.2, 0) is 0 Å². The lowest BCUT2D eigenvalue weighted by atomic mass is 10.1. The molecule has 2 aromatic rings. The van der Waals surface area contributed by atoms with E-state index < -0.39 is 5.91 Å². The topological polar surface area (TPSA) is 54.6 Å². The van der Waals surface area contributed by atoms with Gasteiger partial charge in [0.15, 0.2) is 5.76 Å². The molecule has 0 fully saturated rings. The number of furan rings is 1. The van der Waals surface area contributed by atoms with E-state index in [-0.39, 0.29) is 5.76 Å². The number of rotatable bonds is 3. The zero-order valence-corrected chi connectivity index (χ0v) is 11.5. The molecule has 1 aromatic carbocycles.